The molecule has 0 saturated carbocycles. The van der Waals surface area contributed by atoms with Gasteiger partial charge in [-0.15, -0.1) is 10.2 Å². The second-order valence-corrected chi connectivity index (χ2v) is 7.35. The van der Waals surface area contributed by atoms with Crippen LogP contribution < -0.4 is 4.74 Å². The summed E-state index contributed by atoms with van der Waals surface area (Å²) in [6.45, 7) is 3.06. The molecular weight excluding hydrogens is 362 g/mol. The molecule has 0 bridgehead atoms. The van der Waals surface area contributed by atoms with Gasteiger partial charge >= 0.3 is 0 Å². The van der Waals surface area contributed by atoms with E-state index in [0.29, 0.717) is 31.4 Å². The Kier molecular flexibility index (Phi) is 5.20. The fraction of sp³-hybridized carbons (Fsp3) is 0.350. The summed E-state index contributed by atoms with van der Waals surface area (Å²) in [6, 6.07) is 9.62. The molecule has 1 fully saturated rings. The van der Waals surface area contributed by atoms with Crippen molar-refractivity contribution in [3.8, 4) is 17.2 Å². The second kappa shape index (κ2) is 7.92. The van der Waals surface area contributed by atoms with Crippen LogP contribution >= 0.6 is 11.3 Å². The number of carbonyl (C=O) groups is 1. The highest BCUT2D eigenvalue weighted by Crippen LogP contribution is 2.33. The lowest BCUT2D eigenvalue weighted by Crippen LogP contribution is -2.31. The quantitative estimate of drug-likeness (QED) is 0.637. The molecule has 7 heteroatoms. The summed E-state index contributed by atoms with van der Waals surface area (Å²) in [5.74, 6) is 1.90. The Bertz CT molecular complexity index is 907. The summed E-state index contributed by atoms with van der Waals surface area (Å²) >= 11 is 1.58. The van der Waals surface area contributed by atoms with Gasteiger partial charge in [0.25, 0.3) is 0 Å². The van der Waals surface area contributed by atoms with Crippen LogP contribution in [0.5, 0.6) is 5.75 Å². The van der Waals surface area contributed by atoms with Crippen LogP contribution in [0.25, 0.3) is 11.5 Å². The molecule has 1 amide bonds. The number of aromatic nitrogens is 2. The Morgan fingerprint density at radius 3 is 3.04 bits per heavy atom. The van der Waals surface area contributed by atoms with Gasteiger partial charge in [0.05, 0.1) is 13.0 Å². The van der Waals surface area contributed by atoms with Crippen molar-refractivity contribution in [3.63, 3.8) is 0 Å². The van der Waals surface area contributed by atoms with E-state index in [2.05, 4.69) is 10.2 Å². The molecule has 0 spiro atoms. The average Bonchev–Trinajstić information content (AvgIpc) is 3.42. The molecule has 1 aromatic carbocycles. The maximum Gasteiger partial charge on any atom is 0.248 e. The Morgan fingerprint density at radius 1 is 1.33 bits per heavy atom. The maximum atomic E-state index is 12.7. The summed E-state index contributed by atoms with van der Waals surface area (Å²) in [5.41, 5.74) is 1.98. The minimum Gasteiger partial charge on any atom is -0.493 e. The molecule has 0 unspecified atom stereocenters. The van der Waals surface area contributed by atoms with Crippen LogP contribution in [0.15, 0.2) is 45.5 Å². The van der Waals surface area contributed by atoms with Crippen molar-refractivity contribution < 1.29 is 13.9 Å². The fourth-order valence-electron chi connectivity index (χ4n) is 3.30. The molecule has 3 heterocycles. The number of aryl methyl sites for hydroxylation is 1. The van der Waals surface area contributed by atoms with Gasteiger partial charge in [0, 0.05) is 17.5 Å². The smallest absolute Gasteiger partial charge is 0.248 e. The van der Waals surface area contributed by atoms with E-state index in [4.69, 9.17) is 9.15 Å². The minimum absolute atomic E-state index is 0.0568. The van der Waals surface area contributed by atoms with Crippen LogP contribution in [0.2, 0.25) is 0 Å². The van der Waals surface area contributed by atoms with Crippen LogP contribution in [0.1, 0.15) is 36.8 Å². The van der Waals surface area contributed by atoms with Crippen molar-refractivity contribution in [2.75, 3.05) is 13.2 Å². The first kappa shape index (κ1) is 17.7. The summed E-state index contributed by atoms with van der Waals surface area (Å²) < 4.78 is 11.6. The number of ether oxygens (including phenoxy) is 1. The lowest BCUT2D eigenvalue weighted by Gasteiger charge is -2.22. The third-order valence-corrected chi connectivity index (χ3v) is 5.42. The van der Waals surface area contributed by atoms with Gasteiger partial charge in [-0.3, -0.25) is 4.79 Å². The SMILES string of the molecule is Cc1ccccc1OCCC(=O)N1CCC[C@H]1c1nnc(-c2ccsc2)o1. The van der Waals surface area contributed by atoms with E-state index in [-0.39, 0.29) is 11.9 Å². The molecule has 6 nitrogen and oxygen atoms in total. The van der Waals surface area contributed by atoms with Gasteiger partial charge in [0.2, 0.25) is 17.7 Å². The molecule has 1 aliphatic rings. The number of nitrogens with zero attached hydrogens (tertiary/aromatic N) is 3. The topological polar surface area (TPSA) is 68.5 Å². The summed E-state index contributed by atoms with van der Waals surface area (Å²) in [6.07, 6.45) is 2.11. The molecule has 0 aliphatic carbocycles. The summed E-state index contributed by atoms with van der Waals surface area (Å²) in [5, 5.41) is 12.3. The van der Waals surface area contributed by atoms with Crippen molar-refractivity contribution in [2.24, 2.45) is 0 Å². The van der Waals surface area contributed by atoms with Crippen LogP contribution in [0.4, 0.5) is 0 Å². The minimum atomic E-state index is -0.143. The van der Waals surface area contributed by atoms with E-state index in [9.17, 15) is 4.79 Å². The largest absolute Gasteiger partial charge is 0.493 e. The van der Waals surface area contributed by atoms with Gasteiger partial charge in [0.1, 0.15) is 11.8 Å². The first-order valence-electron chi connectivity index (χ1n) is 9.06. The monoisotopic (exact) mass is 383 g/mol. The average molecular weight is 383 g/mol. The maximum absolute atomic E-state index is 12.7. The molecule has 1 aliphatic heterocycles. The molecule has 140 valence electrons. The molecule has 1 saturated heterocycles. The van der Waals surface area contributed by atoms with E-state index < -0.39 is 0 Å². The van der Waals surface area contributed by atoms with Crippen molar-refractivity contribution >= 4 is 17.2 Å². The van der Waals surface area contributed by atoms with Crippen molar-refractivity contribution in [1.29, 1.82) is 0 Å². The van der Waals surface area contributed by atoms with Crippen molar-refractivity contribution in [1.82, 2.24) is 15.1 Å². The van der Waals surface area contributed by atoms with Gasteiger partial charge in [-0.25, -0.2) is 0 Å². The lowest BCUT2D eigenvalue weighted by atomic mass is 10.2. The number of benzene rings is 1. The lowest BCUT2D eigenvalue weighted by molar-refractivity contribution is -0.133. The predicted octanol–water partition coefficient (Wildman–Crippen LogP) is 4.24. The van der Waals surface area contributed by atoms with Crippen molar-refractivity contribution in [3.05, 3.63) is 52.5 Å². The van der Waals surface area contributed by atoms with Gasteiger partial charge < -0.3 is 14.1 Å². The zero-order valence-corrected chi connectivity index (χ0v) is 15.9. The third-order valence-electron chi connectivity index (χ3n) is 4.73. The highest BCUT2D eigenvalue weighted by Gasteiger charge is 2.33. The van der Waals surface area contributed by atoms with Gasteiger partial charge in [-0.1, -0.05) is 18.2 Å². The molecule has 27 heavy (non-hydrogen) atoms. The highest BCUT2D eigenvalue weighted by atomic mass is 32.1. The first-order chi connectivity index (χ1) is 13.2. The van der Waals surface area contributed by atoms with E-state index in [1.807, 2.05) is 52.9 Å². The van der Waals surface area contributed by atoms with Crippen LogP contribution in [0.3, 0.4) is 0 Å². The highest BCUT2D eigenvalue weighted by molar-refractivity contribution is 7.08. The number of likely N-dealkylation sites (tertiary alicyclic amines) is 1. The number of carbonyl (C=O) groups excluding carboxylic acids is 1. The zero-order valence-electron chi connectivity index (χ0n) is 15.1. The molecule has 3 aromatic rings. The number of para-hydroxylation sites is 1. The zero-order chi connectivity index (χ0) is 18.6. The Morgan fingerprint density at radius 2 is 2.22 bits per heavy atom. The molecule has 1 atom stereocenters. The van der Waals surface area contributed by atoms with Crippen LogP contribution in [0, 0.1) is 6.92 Å². The summed E-state index contributed by atoms with van der Waals surface area (Å²) in [7, 11) is 0. The number of thiophene rings is 1. The van der Waals surface area contributed by atoms with Gasteiger partial charge in [0.15, 0.2) is 0 Å². The predicted molar refractivity (Wildman–Crippen MR) is 103 cm³/mol. The van der Waals surface area contributed by atoms with E-state index >= 15 is 0 Å². The molecular formula is C20H21N3O3S. The fourth-order valence-corrected chi connectivity index (χ4v) is 3.93. The molecule has 2 aromatic heterocycles. The van der Waals surface area contributed by atoms with E-state index in [0.717, 1.165) is 29.7 Å². The second-order valence-electron chi connectivity index (χ2n) is 6.57. The van der Waals surface area contributed by atoms with Crippen LogP contribution in [-0.4, -0.2) is 34.2 Å². The number of hydrogen-bond acceptors (Lipinski definition) is 6. The third kappa shape index (κ3) is 3.88. The molecule has 0 N–H and O–H groups in total. The first-order valence-corrected chi connectivity index (χ1v) is 10.0. The number of hydrogen-bond donors (Lipinski definition) is 0. The molecule has 4 rings (SSSR count). The van der Waals surface area contributed by atoms with Gasteiger partial charge in [-0.2, -0.15) is 11.3 Å². The van der Waals surface area contributed by atoms with Crippen molar-refractivity contribution in [2.45, 2.75) is 32.2 Å². The van der Waals surface area contributed by atoms with Crippen LogP contribution in [-0.2, 0) is 4.79 Å². The Hall–Kier alpha value is -2.67. The van der Waals surface area contributed by atoms with E-state index in [1.165, 1.54) is 0 Å². The Labute approximate surface area is 161 Å². The standard InChI is InChI=1S/C20H21N3O3S/c1-14-5-2-3-7-17(14)25-11-8-18(24)23-10-4-6-16(23)20-22-21-19(26-20)15-9-12-27-13-15/h2-3,5,7,9,12-13,16H,4,6,8,10-11H2,1H3/t16-/m0/s1. The Balaban J connectivity index is 1.38. The number of rotatable bonds is 6. The van der Waals surface area contributed by atoms with Gasteiger partial charge in [-0.05, 0) is 42.8 Å². The van der Waals surface area contributed by atoms with E-state index in [1.54, 1.807) is 11.3 Å². The summed E-state index contributed by atoms with van der Waals surface area (Å²) in [4.78, 5) is 14.5. The molecule has 0 radical (unpaired) electrons. The normalized spacial score (nSPS) is 16.6. The number of amides is 1.